The fourth-order valence-corrected chi connectivity index (χ4v) is 1.99. The van der Waals surface area contributed by atoms with Crippen LogP contribution in [0.25, 0.3) is 0 Å². The lowest BCUT2D eigenvalue weighted by Crippen LogP contribution is -2.24. The molecule has 6 nitrogen and oxygen atoms in total. The van der Waals surface area contributed by atoms with E-state index in [0.717, 1.165) is 25.9 Å². The van der Waals surface area contributed by atoms with Crippen molar-refractivity contribution in [3.63, 3.8) is 0 Å². The minimum absolute atomic E-state index is 0.0408. The predicted octanol–water partition coefficient (Wildman–Crippen LogP) is 1.89. The molecule has 1 aliphatic rings. The zero-order valence-corrected chi connectivity index (χ0v) is 11.2. The monoisotopic (exact) mass is 281 g/mol. The van der Waals surface area contributed by atoms with Crippen molar-refractivity contribution in [1.82, 2.24) is 0 Å². The molecule has 3 N–H and O–H groups in total. The number of benzene rings is 1. The summed E-state index contributed by atoms with van der Waals surface area (Å²) >= 11 is 0. The van der Waals surface area contributed by atoms with Gasteiger partial charge in [-0.05, 0) is 37.5 Å². The van der Waals surface area contributed by atoms with E-state index in [9.17, 15) is 4.79 Å². The number of aromatic carboxylic acids is 1. The molecule has 1 fully saturated rings. The van der Waals surface area contributed by atoms with E-state index in [2.05, 4.69) is 0 Å². The molecule has 0 aliphatic carbocycles. The Morgan fingerprint density at radius 3 is 2.95 bits per heavy atom. The third-order valence-electron chi connectivity index (χ3n) is 3.05. The number of hydrogen-bond acceptors (Lipinski definition) is 5. The highest BCUT2D eigenvalue weighted by Gasteiger charge is 2.14. The van der Waals surface area contributed by atoms with Crippen LogP contribution in [-0.4, -0.2) is 37.2 Å². The van der Waals surface area contributed by atoms with E-state index in [1.165, 1.54) is 12.1 Å². The van der Waals surface area contributed by atoms with Crippen molar-refractivity contribution in [3.8, 4) is 5.75 Å². The Balaban J connectivity index is 1.76. The van der Waals surface area contributed by atoms with Gasteiger partial charge in [0, 0.05) is 12.3 Å². The number of rotatable bonds is 6. The van der Waals surface area contributed by atoms with E-state index < -0.39 is 5.97 Å². The first-order valence-electron chi connectivity index (χ1n) is 6.65. The normalized spacial score (nSPS) is 18.7. The van der Waals surface area contributed by atoms with Gasteiger partial charge in [0.2, 0.25) is 0 Å². The minimum atomic E-state index is -1.07. The molecule has 1 atom stereocenters. The molecule has 0 bridgehead atoms. The molecule has 110 valence electrons. The molecule has 0 saturated carbocycles. The molecule has 1 unspecified atom stereocenters. The predicted molar refractivity (Wildman–Crippen MR) is 72.9 cm³/mol. The molecule has 20 heavy (non-hydrogen) atoms. The van der Waals surface area contributed by atoms with Gasteiger partial charge in [-0.2, -0.15) is 0 Å². The van der Waals surface area contributed by atoms with Gasteiger partial charge in [0.05, 0.1) is 12.2 Å². The van der Waals surface area contributed by atoms with Crippen LogP contribution in [0.1, 0.15) is 29.6 Å². The Kier molecular flexibility index (Phi) is 5.20. The van der Waals surface area contributed by atoms with Crippen molar-refractivity contribution >= 4 is 11.7 Å². The number of ether oxygens (including phenoxy) is 3. The largest absolute Gasteiger partial charge is 0.491 e. The molecule has 0 aromatic heterocycles. The van der Waals surface area contributed by atoms with Crippen molar-refractivity contribution in [2.45, 2.75) is 25.6 Å². The summed E-state index contributed by atoms with van der Waals surface area (Å²) < 4.78 is 16.4. The molecule has 1 aliphatic heterocycles. The number of nitrogens with two attached hydrogens (primary N) is 1. The number of carboxylic acid groups (broad SMARTS) is 1. The second-order valence-electron chi connectivity index (χ2n) is 4.57. The third kappa shape index (κ3) is 4.11. The van der Waals surface area contributed by atoms with Crippen LogP contribution < -0.4 is 10.5 Å². The molecule has 1 heterocycles. The van der Waals surface area contributed by atoms with E-state index >= 15 is 0 Å². The summed E-state index contributed by atoms with van der Waals surface area (Å²) in [6, 6.07) is 4.57. The van der Waals surface area contributed by atoms with Crippen molar-refractivity contribution in [1.29, 1.82) is 0 Å². The van der Waals surface area contributed by atoms with Gasteiger partial charge in [-0.15, -0.1) is 0 Å². The van der Waals surface area contributed by atoms with Crippen molar-refractivity contribution in [3.05, 3.63) is 23.8 Å². The summed E-state index contributed by atoms with van der Waals surface area (Å²) in [4.78, 5) is 10.9. The maximum absolute atomic E-state index is 10.9. The quantitative estimate of drug-likeness (QED) is 0.611. The number of anilines is 1. The molecule has 6 heteroatoms. The van der Waals surface area contributed by atoms with Gasteiger partial charge in [-0.3, -0.25) is 0 Å². The fraction of sp³-hybridized carbons (Fsp3) is 0.500. The number of hydrogen-bond donors (Lipinski definition) is 2. The van der Waals surface area contributed by atoms with Crippen LogP contribution >= 0.6 is 0 Å². The second-order valence-corrected chi connectivity index (χ2v) is 4.57. The maximum Gasteiger partial charge on any atom is 0.337 e. The third-order valence-corrected chi connectivity index (χ3v) is 3.05. The van der Waals surface area contributed by atoms with E-state index in [4.69, 9.17) is 25.1 Å². The highest BCUT2D eigenvalue weighted by molar-refractivity contribution is 5.94. The summed E-state index contributed by atoms with van der Waals surface area (Å²) in [5, 5.41) is 8.96. The zero-order valence-electron chi connectivity index (χ0n) is 11.2. The van der Waals surface area contributed by atoms with Gasteiger partial charge in [-0.25, -0.2) is 4.79 Å². The first-order valence-corrected chi connectivity index (χ1v) is 6.65. The Bertz CT molecular complexity index is 457. The molecule has 1 saturated heterocycles. The lowest BCUT2D eigenvalue weighted by Gasteiger charge is -2.22. The highest BCUT2D eigenvalue weighted by Crippen LogP contribution is 2.20. The summed E-state index contributed by atoms with van der Waals surface area (Å²) in [6.07, 6.45) is 2.96. The topological polar surface area (TPSA) is 91.0 Å². The molecule has 0 amide bonds. The summed E-state index contributed by atoms with van der Waals surface area (Å²) in [5.74, 6) is -0.607. The molecule has 0 spiro atoms. The van der Waals surface area contributed by atoms with E-state index in [1.807, 2.05) is 0 Å². The maximum atomic E-state index is 10.9. The standard InChI is InChI=1S/C14H19NO5/c15-12-5-4-10(9-11(12)14(16)17)18-7-8-20-13-3-1-2-6-19-13/h4-5,9,13H,1-3,6-8,15H2,(H,16,17). The van der Waals surface area contributed by atoms with Crippen LogP contribution in [0.5, 0.6) is 5.75 Å². The summed E-state index contributed by atoms with van der Waals surface area (Å²) in [7, 11) is 0. The number of carboxylic acids is 1. The van der Waals surface area contributed by atoms with Crippen LogP contribution in [0.2, 0.25) is 0 Å². The second kappa shape index (κ2) is 7.12. The van der Waals surface area contributed by atoms with Gasteiger partial charge in [0.1, 0.15) is 12.4 Å². The van der Waals surface area contributed by atoms with Gasteiger partial charge >= 0.3 is 5.97 Å². The van der Waals surface area contributed by atoms with Gasteiger partial charge in [0.25, 0.3) is 0 Å². The lowest BCUT2D eigenvalue weighted by molar-refractivity contribution is -0.165. The van der Waals surface area contributed by atoms with Crippen LogP contribution in [-0.2, 0) is 9.47 Å². The highest BCUT2D eigenvalue weighted by atomic mass is 16.7. The van der Waals surface area contributed by atoms with Gasteiger partial charge in [-0.1, -0.05) is 0 Å². The molecular formula is C14H19NO5. The number of carbonyl (C=O) groups is 1. The summed E-state index contributed by atoms with van der Waals surface area (Å²) in [5.41, 5.74) is 5.83. The average molecular weight is 281 g/mol. The minimum Gasteiger partial charge on any atom is -0.491 e. The lowest BCUT2D eigenvalue weighted by atomic mass is 10.2. The Labute approximate surface area is 117 Å². The molecule has 2 rings (SSSR count). The van der Waals surface area contributed by atoms with Crippen molar-refractivity contribution in [2.75, 3.05) is 25.6 Å². The first kappa shape index (κ1) is 14.6. The van der Waals surface area contributed by atoms with E-state index in [-0.39, 0.29) is 17.5 Å². The summed E-state index contributed by atoms with van der Waals surface area (Å²) in [6.45, 7) is 1.48. The van der Waals surface area contributed by atoms with Crippen molar-refractivity contribution in [2.24, 2.45) is 0 Å². The van der Waals surface area contributed by atoms with Crippen LogP contribution in [0, 0.1) is 0 Å². The molecule has 0 radical (unpaired) electrons. The fourth-order valence-electron chi connectivity index (χ4n) is 1.99. The molecule has 1 aromatic carbocycles. The molecule has 1 aromatic rings. The van der Waals surface area contributed by atoms with Crippen molar-refractivity contribution < 1.29 is 24.1 Å². The smallest absolute Gasteiger partial charge is 0.337 e. The molecular weight excluding hydrogens is 262 g/mol. The van der Waals surface area contributed by atoms with Crippen LogP contribution in [0.4, 0.5) is 5.69 Å². The number of nitrogen functional groups attached to an aromatic ring is 1. The van der Waals surface area contributed by atoms with E-state index in [1.54, 1.807) is 6.07 Å². The average Bonchev–Trinajstić information content (AvgIpc) is 2.46. The van der Waals surface area contributed by atoms with Gasteiger partial charge in [0.15, 0.2) is 6.29 Å². The van der Waals surface area contributed by atoms with Gasteiger partial charge < -0.3 is 25.1 Å². The van der Waals surface area contributed by atoms with E-state index in [0.29, 0.717) is 19.0 Å². The van der Waals surface area contributed by atoms with Crippen LogP contribution in [0.3, 0.4) is 0 Å². The Morgan fingerprint density at radius 1 is 1.40 bits per heavy atom. The SMILES string of the molecule is Nc1ccc(OCCOC2CCCCO2)cc1C(=O)O. The zero-order chi connectivity index (χ0) is 14.4. The Morgan fingerprint density at radius 2 is 2.25 bits per heavy atom. The Hall–Kier alpha value is -1.79. The van der Waals surface area contributed by atoms with Crippen LogP contribution in [0.15, 0.2) is 18.2 Å². The first-order chi connectivity index (χ1) is 9.66.